The highest BCUT2D eigenvalue weighted by molar-refractivity contribution is 7.19. The Morgan fingerprint density at radius 1 is 1.10 bits per heavy atom. The van der Waals surface area contributed by atoms with Gasteiger partial charge in [0.1, 0.15) is 23.3 Å². The number of aromatic nitrogens is 2. The summed E-state index contributed by atoms with van der Waals surface area (Å²) in [6, 6.07) is 17.5. The molecule has 1 atom stereocenters. The van der Waals surface area contributed by atoms with Gasteiger partial charge in [0.15, 0.2) is 0 Å². The Morgan fingerprint density at radius 3 is 2.55 bits per heavy atom. The molecule has 5 nitrogen and oxygen atoms in total. The molecule has 0 spiro atoms. The van der Waals surface area contributed by atoms with Crippen LogP contribution in [0, 0.1) is 13.8 Å². The number of hydrogen-bond acceptors (Lipinski definition) is 5. The van der Waals surface area contributed by atoms with Crippen LogP contribution in [0.4, 0.5) is 0 Å². The second-order valence-electron chi connectivity index (χ2n) is 7.06. The van der Waals surface area contributed by atoms with Gasteiger partial charge in [-0.3, -0.25) is 9.36 Å². The number of aryl methyl sites for hydroxylation is 2. The van der Waals surface area contributed by atoms with Gasteiger partial charge < -0.3 is 9.84 Å². The predicted octanol–water partition coefficient (Wildman–Crippen LogP) is 4.18. The second kappa shape index (κ2) is 8.19. The lowest BCUT2D eigenvalue weighted by atomic mass is 10.0. The highest BCUT2D eigenvalue weighted by atomic mass is 32.1. The molecule has 148 valence electrons. The monoisotopic (exact) mass is 406 g/mol. The van der Waals surface area contributed by atoms with Gasteiger partial charge in [-0.1, -0.05) is 48.0 Å². The molecule has 4 aromatic rings. The van der Waals surface area contributed by atoms with E-state index in [4.69, 9.17) is 4.74 Å². The van der Waals surface area contributed by atoms with Crippen LogP contribution in [-0.2, 0) is 6.54 Å². The van der Waals surface area contributed by atoms with Crippen LogP contribution in [0.2, 0.25) is 0 Å². The van der Waals surface area contributed by atoms with Gasteiger partial charge in [-0.05, 0) is 31.5 Å². The van der Waals surface area contributed by atoms with E-state index in [1.807, 2.05) is 68.4 Å². The first kappa shape index (κ1) is 19.4. The summed E-state index contributed by atoms with van der Waals surface area (Å²) in [4.78, 5) is 19.4. The van der Waals surface area contributed by atoms with Crippen LogP contribution in [0.5, 0.6) is 5.75 Å². The zero-order valence-electron chi connectivity index (χ0n) is 16.3. The molecule has 0 bridgehead atoms. The number of ether oxygens (including phenoxy) is 1. The van der Waals surface area contributed by atoms with Crippen molar-refractivity contribution in [3.8, 4) is 16.9 Å². The van der Waals surface area contributed by atoms with E-state index in [0.717, 1.165) is 21.6 Å². The molecule has 4 rings (SSSR count). The fourth-order valence-corrected chi connectivity index (χ4v) is 4.33. The number of aliphatic hydroxyl groups is 1. The van der Waals surface area contributed by atoms with Gasteiger partial charge in [-0.25, -0.2) is 4.98 Å². The molecule has 2 heterocycles. The third kappa shape index (κ3) is 4.09. The Morgan fingerprint density at radius 2 is 1.83 bits per heavy atom. The SMILES string of the molecule is Cc1ccc(OC[C@@H](O)Cn2cnc3sc(C)c(-c4ccccc4)c3c2=O)cc1. The summed E-state index contributed by atoms with van der Waals surface area (Å²) < 4.78 is 7.10. The molecule has 0 unspecified atom stereocenters. The van der Waals surface area contributed by atoms with E-state index in [1.54, 1.807) is 0 Å². The van der Waals surface area contributed by atoms with Crippen LogP contribution in [0.25, 0.3) is 21.3 Å². The van der Waals surface area contributed by atoms with E-state index in [9.17, 15) is 9.90 Å². The minimum absolute atomic E-state index is 0.0990. The first-order valence-corrected chi connectivity index (χ1v) is 10.3. The highest BCUT2D eigenvalue weighted by Crippen LogP contribution is 2.35. The maximum Gasteiger partial charge on any atom is 0.262 e. The minimum atomic E-state index is -0.826. The van der Waals surface area contributed by atoms with Gasteiger partial charge in [0, 0.05) is 10.4 Å². The highest BCUT2D eigenvalue weighted by Gasteiger charge is 2.18. The lowest BCUT2D eigenvalue weighted by Gasteiger charge is -2.14. The zero-order valence-corrected chi connectivity index (χ0v) is 17.1. The summed E-state index contributed by atoms with van der Waals surface area (Å²) in [6.07, 6.45) is 0.679. The van der Waals surface area contributed by atoms with Gasteiger partial charge in [0.25, 0.3) is 5.56 Å². The smallest absolute Gasteiger partial charge is 0.262 e. The number of rotatable bonds is 6. The number of thiophene rings is 1. The van der Waals surface area contributed by atoms with Crippen LogP contribution < -0.4 is 10.3 Å². The standard InChI is InChI=1S/C23H22N2O3S/c1-15-8-10-19(11-9-15)28-13-18(26)12-25-14-24-22-21(23(25)27)20(16(2)29-22)17-6-4-3-5-7-17/h3-11,14,18,26H,12-13H2,1-2H3/t18-/m0/s1. The van der Waals surface area contributed by atoms with Crippen molar-refractivity contribution < 1.29 is 9.84 Å². The largest absolute Gasteiger partial charge is 0.491 e. The van der Waals surface area contributed by atoms with Crippen LogP contribution in [-0.4, -0.2) is 27.4 Å². The second-order valence-corrected chi connectivity index (χ2v) is 8.26. The summed E-state index contributed by atoms with van der Waals surface area (Å²) in [7, 11) is 0. The van der Waals surface area contributed by atoms with Crippen molar-refractivity contribution in [2.24, 2.45) is 0 Å². The van der Waals surface area contributed by atoms with Crippen LogP contribution in [0.1, 0.15) is 10.4 Å². The Balaban J connectivity index is 1.59. The fourth-order valence-electron chi connectivity index (χ4n) is 3.33. The first-order chi connectivity index (χ1) is 14.0. The average Bonchev–Trinajstić information content (AvgIpc) is 3.07. The van der Waals surface area contributed by atoms with Crippen molar-refractivity contribution in [1.82, 2.24) is 9.55 Å². The topological polar surface area (TPSA) is 64.3 Å². The molecule has 0 amide bonds. The van der Waals surface area contributed by atoms with E-state index >= 15 is 0 Å². The molecule has 0 aliphatic carbocycles. The van der Waals surface area contributed by atoms with Crippen molar-refractivity contribution in [2.75, 3.05) is 6.61 Å². The Labute approximate surface area is 172 Å². The summed E-state index contributed by atoms with van der Waals surface area (Å²) in [5.74, 6) is 0.690. The fraction of sp³-hybridized carbons (Fsp3) is 0.217. The van der Waals surface area contributed by atoms with E-state index in [-0.39, 0.29) is 18.7 Å². The Hall–Kier alpha value is -2.96. The molecule has 0 fully saturated rings. The minimum Gasteiger partial charge on any atom is -0.491 e. The van der Waals surface area contributed by atoms with Gasteiger partial charge >= 0.3 is 0 Å². The van der Waals surface area contributed by atoms with Crippen molar-refractivity contribution in [2.45, 2.75) is 26.5 Å². The third-order valence-electron chi connectivity index (χ3n) is 4.79. The van der Waals surface area contributed by atoms with E-state index in [2.05, 4.69) is 4.98 Å². The normalized spacial score (nSPS) is 12.2. The number of nitrogens with zero attached hydrogens (tertiary/aromatic N) is 2. The van der Waals surface area contributed by atoms with Crippen LogP contribution in [0.15, 0.2) is 65.7 Å². The molecule has 2 aromatic heterocycles. The third-order valence-corrected chi connectivity index (χ3v) is 5.80. The molecule has 1 N–H and O–H groups in total. The first-order valence-electron chi connectivity index (χ1n) is 9.44. The summed E-state index contributed by atoms with van der Waals surface area (Å²) >= 11 is 1.51. The molecule has 0 saturated heterocycles. The average molecular weight is 407 g/mol. The van der Waals surface area contributed by atoms with Crippen molar-refractivity contribution in [3.63, 3.8) is 0 Å². The maximum atomic E-state index is 13.2. The summed E-state index contributed by atoms with van der Waals surface area (Å²) in [5.41, 5.74) is 2.91. The molecule has 29 heavy (non-hydrogen) atoms. The lowest BCUT2D eigenvalue weighted by molar-refractivity contribution is 0.0915. The van der Waals surface area contributed by atoms with E-state index < -0.39 is 6.10 Å². The van der Waals surface area contributed by atoms with Crippen LogP contribution in [0.3, 0.4) is 0 Å². The van der Waals surface area contributed by atoms with Crippen molar-refractivity contribution in [1.29, 1.82) is 0 Å². The number of benzene rings is 2. The van der Waals surface area contributed by atoms with Crippen molar-refractivity contribution in [3.05, 3.63) is 81.7 Å². The number of fused-ring (bicyclic) bond motifs is 1. The van der Waals surface area contributed by atoms with Gasteiger partial charge in [-0.2, -0.15) is 0 Å². The molecule has 0 aliphatic heterocycles. The maximum absolute atomic E-state index is 13.2. The van der Waals surface area contributed by atoms with E-state index in [0.29, 0.717) is 16.0 Å². The summed E-state index contributed by atoms with van der Waals surface area (Å²) in [6.45, 7) is 4.23. The molecule has 0 aliphatic rings. The molecule has 2 aromatic carbocycles. The van der Waals surface area contributed by atoms with Gasteiger partial charge in [-0.15, -0.1) is 11.3 Å². The lowest BCUT2D eigenvalue weighted by Crippen LogP contribution is -2.30. The quantitative estimate of drug-likeness (QED) is 0.522. The van der Waals surface area contributed by atoms with E-state index in [1.165, 1.54) is 22.2 Å². The van der Waals surface area contributed by atoms with Gasteiger partial charge in [0.2, 0.25) is 0 Å². The number of hydrogen-bond donors (Lipinski definition) is 1. The molecular formula is C23H22N2O3S. The van der Waals surface area contributed by atoms with Crippen molar-refractivity contribution >= 4 is 21.6 Å². The summed E-state index contributed by atoms with van der Waals surface area (Å²) in [5, 5.41) is 11.0. The zero-order chi connectivity index (χ0) is 20.4. The Kier molecular flexibility index (Phi) is 5.47. The van der Waals surface area contributed by atoms with Crippen LogP contribution >= 0.6 is 11.3 Å². The molecule has 0 radical (unpaired) electrons. The molecule has 0 saturated carbocycles. The Bertz CT molecular complexity index is 1180. The molecule has 6 heteroatoms. The number of aliphatic hydroxyl groups excluding tert-OH is 1. The molecular weight excluding hydrogens is 384 g/mol. The predicted molar refractivity (Wildman–Crippen MR) is 117 cm³/mol. The van der Waals surface area contributed by atoms with Gasteiger partial charge in [0.05, 0.1) is 18.3 Å².